The Morgan fingerprint density at radius 3 is 2.09 bits per heavy atom. The highest BCUT2D eigenvalue weighted by molar-refractivity contribution is 6.31. The molecule has 6 rings (SSSR count). The van der Waals surface area contributed by atoms with Gasteiger partial charge in [0.1, 0.15) is 42.4 Å². The van der Waals surface area contributed by atoms with Crippen molar-refractivity contribution in [1.29, 1.82) is 10.5 Å². The molecule has 1 heterocycles. The van der Waals surface area contributed by atoms with Crippen LogP contribution in [0.2, 0.25) is 5.02 Å². The summed E-state index contributed by atoms with van der Waals surface area (Å²) in [6.45, 7) is 14.4. The first kappa shape index (κ1) is 49.0. The fraction of sp³-hybridized carbons (Fsp3) is 0.412. The number of carbonyl (C=O) groups excluding carboxylic acids is 4. The number of rotatable bonds is 16. The van der Waals surface area contributed by atoms with E-state index in [-0.39, 0.29) is 50.7 Å². The average molecular weight is 917 g/mol. The molecular weight excluding hydrogens is 858 g/mol. The van der Waals surface area contributed by atoms with Crippen LogP contribution < -0.4 is 30.7 Å². The van der Waals surface area contributed by atoms with E-state index in [9.17, 15) is 29.5 Å². The summed E-state index contributed by atoms with van der Waals surface area (Å²) < 4.78 is 12.3. The summed E-state index contributed by atoms with van der Waals surface area (Å²) in [6, 6.07) is 28.9. The van der Waals surface area contributed by atoms with E-state index in [2.05, 4.69) is 61.1 Å². The van der Waals surface area contributed by atoms with E-state index in [4.69, 9.17) is 26.3 Å². The Labute approximate surface area is 391 Å². The maximum absolute atomic E-state index is 13.9. The molecule has 0 aromatic heterocycles. The zero-order chi connectivity index (χ0) is 48.0. The molecule has 2 fully saturated rings. The highest BCUT2D eigenvalue weighted by Gasteiger charge is 2.64. The summed E-state index contributed by atoms with van der Waals surface area (Å²) in [7, 11) is 0. The van der Waals surface area contributed by atoms with Gasteiger partial charge in [-0.1, -0.05) is 96.5 Å². The van der Waals surface area contributed by atoms with Crippen LogP contribution in [-0.4, -0.2) is 90.2 Å². The number of aliphatic hydroxyl groups is 1. The van der Waals surface area contributed by atoms with Crippen LogP contribution in [0.25, 0.3) is 11.1 Å². The Kier molecular flexibility index (Phi) is 15.1. The first-order chi connectivity index (χ1) is 31.2. The van der Waals surface area contributed by atoms with Crippen LogP contribution in [0.4, 0.5) is 0 Å². The molecule has 2 aliphatic rings. The number of aliphatic hydroxyl groups excluding tert-OH is 1. The van der Waals surface area contributed by atoms with Crippen molar-refractivity contribution in [2.45, 2.75) is 91.8 Å². The number of hydrogen-bond donors (Lipinski definition) is 5. The number of carbonyl (C=O) groups is 4. The van der Waals surface area contributed by atoms with Crippen molar-refractivity contribution in [2.75, 3.05) is 26.2 Å². The third-order valence-electron chi connectivity index (χ3n) is 12.4. The molecule has 4 amide bonds. The summed E-state index contributed by atoms with van der Waals surface area (Å²) in [6.07, 6.45) is -1.03. The lowest BCUT2D eigenvalue weighted by atomic mass is 9.49. The fourth-order valence-corrected chi connectivity index (χ4v) is 9.36. The molecule has 346 valence electrons. The van der Waals surface area contributed by atoms with Gasteiger partial charge in [-0.2, -0.15) is 10.5 Å². The highest BCUT2D eigenvalue weighted by atomic mass is 35.5. The number of nitrogens with zero attached hydrogens (tertiary/aromatic N) is 3. The largest absolute Gasteiger partial charge is 0.492 e. The smallest absolute Gasteiger partial charge is 0.251 e. The van der Waals surface area contributed by atoms with Gasteiger partial charge in [-0.05, 0) is 70.6 Å². The SMILES string of the molecule is CC1(C)C(NC(=O)c2ccc(-c3ccc(OCCNCC(=O)N[C@H](C(=O)N4C[C@H](O)C[C@H]4C(=O)NCc4ccc(C#N)cc4)C(C)(C)C)cc3)cc2)C(C)(C)C1Oc1ccc(C#N)c(Cl)c1. The van der Waals surface area contributed by atoms with Crippen LogP contribution in [0.5, 0.6) is 11.5 Å². The van der Waals surface area contributed by atoms with Crippen LogP contribution in [0, 0.1) is 38.9 Å². The van der Waals surface area contributed by atoms with Crippen LogP contribution in [-0.2, 0) is 20.9 Å². The number of halogens is 1. The molecular formula is C51H58ClN7O7. The predicted molar refractivity (Wildman–Crippen MR) is 250 cm³/mol. The molecule has 4 aromatic carbocycles. The lowest BCUT2D eigenvalue weighted by Gasteiger charge is -2.63. The summed E-state index contributed by atoms with van der Waals surface area (Å²) in [5, 5.41) is 41.0. The van der Waals surface area contributed by atoms with Crippen molar-refractivity contribution in [1.82, 2.24) is 26.2 Å². The predicted octanol–water partition coefficient (Wildman–Crippen LogP) is 6.14. The Hall–Kier alpha value is -6.45. The monoisotopic (exact) mass is 915 g/mol. The van der Waals surface area contributed by atoms with E-state index in [1.807, 2.05) is 57.2 Å². The molecule has 1 aliphatic carbocycles. The summed E-state index contributed by atoms with van der Waals surface area (Å²) in [5.41, 5.74) is 2.58. The Balaban J connectivity index is 0.936. The van der Waals surface area contributed by atoms with E-state index >= 15 is 0 Å². The molecule has 1 saturated carbocycles. The molecule has 0 unspecified atom stereocenters. The van der Waals surface area contributed by atoms with Gasteiger partial charge in [0.25, 0.3) is 5.91 Å². The number of amides is 4. The van der Waals surface area contributed by atoms with Crippen molar-refractivity contribution >= 4 is 35.2 Å². The highest BCUT2D eigenvalue weighted by Crippen LogP contribution is 2.55. The lowest BCUT2D eigenvalue weighted by molar-refractivity contribution is -0.164. The molecule has 0 radical (unpaired) electrons. The topological polar surface area (TPSA) is 206 Å². The molecule has 3 atom stereocenters. The number of β-amino-alcohol motifs (C(OH)–C–C–N with tert-alkyl or cyclic N) is 1. The molecule has 1 saturated heterocycles. The standard InChI is InChI=1S/C51H58ClN7O7/c1-49(2,3)43(46(64)59-30-37(60)24-41(59)45(63)56-28-32-10-8-31(26-53)9-11-32)57-42(61)29-55-22-23-65-38-19-16-34(17-20-38)33-12-14-35(15-13-33)44(62)58-47-50(4,5)48(51(47,6)7)66-39-21-18-36(27-54)40(52)25-39/h8-21,25,37,41,43,47-48,55,60H,22-24,28-30H2,1-7H3,(H,56,63)(H,57,61)(H,58,62)/t37-,41+,43-,47?,48?/m1/s1. The number of likely N-dealkylation sites (tertiary alicyclic amines) is 1. The second-order valence-corrected chi connectivity index (χ2v) is 19.6. The van der Waals surface area contributed by atoms with Gasteiger partial charge < -0.3 is 40.7 Å². The van der Waals surface area contributed by atoms with Crippen molar-refractivity contribution in [3.63, 3.8) is 0 Å². The van der Waals surface area contributed by atoms with Crippen molar-refractivity contribution < 1.29 is 33.8 Å². The zero-order valence-corrected chi connectivity index (χ0v) is 39.2. The Bertz CT molecular complexity index is 2470. The average Bonchev–Trinajstić information content (AvgIpc) is 3.69. The van der Waals surface area contributed by atoms with Crippen LogP contribution >= 0.6 is 11.6 Å². The molecule has 14 nitrogen and oxygen atoms in total. The summed E-state index contributed by atoms with van der Waals surface area (Å²) in [5.74, 6) is -0.241. The van der Waals surface area contributed by atoms with E-state index in [1.54, 1.807) is 54.6 Å². The minimum absolute atomic E-state index is 0.0327. The van der Waals surface area contributed by atoms with Gasteiger partial charge in [-0.25, -0.2) is 0 Å². The molecule has 0 bridgehead atoms. The Morgan fingerprint density at radius 2 is 1.50 bits per heavy atom. The first-order valence-corrected chi connectivity index (χ1v) is 22.4. The fourth-order valence-electron chi connectivity index (χ4n) is 9.15. The Morgan fingerprint density at radius 1 is 0.879 bits per heavy atom. The van der Waals surface area contributed by atoms with Crippen molar-refractivity contribution in [3.05, 3.63) is 118 Å². The molecule has 66 heavy (non-hydrogen) atoms. The van der Waals surface area contributed by atoms with E-state index in [0.717, 1.165) is 16.7 Å². The lowest BCUT2D eigenvalue weighted by Crippen LogP contribution is -2.74. The number of benzene rings is 4. The quantitative estimate of drug-likeness (QED) is 0.0812. The number of nitriles is 2. The van der Waals surface area contributed by atoms with Crippen LogP contribution in [0.3, 0.4) is 0 Å². The maximum atomic E-state index is 13.9. The molecule has 4 aromatic rings. The number of ether oxygens (including phenoxy) is 2. The van der Waals surface area contributed by atoms with E-state index < -0.39 is 52.2 Å². The van der Waals surface area contributed by atoms with Crippen molar-refractivity contribution in [3.8, 4) is 34.8 Å². The molecule has 1 aliphatic heterocycles. The van der Waals surface area contributed by atoms with E-state index in [0.29, 0.717) is 39.8 Å². The van der Waals surface area contributed by atoms with Crippen LogP contribution in [0.1, 0.15) is 81.9 Å². The normalized spacial score (nSPS) is 19.8. The third-order valence-corrected chi connectivity index (χ3v) is 12.7. The van der Waals surface area contributed by atoms with Gasteiger partial charge in [-0.3, -0.25) is 19.2 Å². The zero-order valence-electron chi connectivity index (χ0n) is 38.4. The maximum Gasteiger partial charge on any atom is 0.251 e. The van der Waals surface area contributed by atoms with Crippen molar-refractivity contribution in [2.24, 2.45) is 16.2 Å². The minimum Gasteiger partial charge on any atom is -0.492 e. The van der Waals surface area contributed by atoms with Gasteiger partial charge in [0, 0.05) is 54.6 Å². The second-order valence-electron chi connectivity index (χ2n) is 19.2. The van der Waals surface area contributed by atoms with Crippen LogP contribution in [0.15, 0.2) is 91.0 Å². The van der Waals surface area contributed by atoms with Gasteiger partial charge in [0.15, 0.2) is 0 Å². The summed E-state index contributed by atoms with van der Waals surface area (Å²) in [4.78, 5) is 55.1. The van der Waals surface area contributed by atoms with Gasteiger partial charge in [-0.15, -0.1) is 0 Å². The molecule has 0 spiro atoms. The number of nitrogens with one attached hydrogen (secondary N) is 4. The van der Waals surface area contributed by atoms with Gasteiger partial charge in [0.2, 0.25) is 17.7 Å². The first-order valence-electron chi connectivity index (χ1n) is 22.0. The van der Waals surface area contributed by atoms with Gasteiger partial charge in [0.05, 0.1) is 34.9 Å². The van der Waals surface area contributed by atoms with Gasteiger partial charge >= 0.3 is 0 Å². The minimum atomic E-state index is -0.960. The second kappa shape index (κ2) is 20.4. The summed E-state index contributed by atoms with van der Waals surface area (Å²) >= 11 is 6.24. The van der Waals surface area contributed by atoms with E-state index in [1.165, 1.54) is 4.90 Å². The third kappa shape index (κ3) is 11.3. The number of hydrogen-bond acceptors (Lipinski definition) is 10. The molecule has 5 N–H and O–H groups in total. The molecule has 15 heteroatoms.